The van der Waals surface area contributed by atoms with E-state index in [2.05, 4.69) is 79.9 Å². The summed E-state index contributed by atoms with van der Waals surface area (Å²) in [4.78, 5) is 105. The first-order chi connectivity index (χ1) is 42.7. The van der Waals surface area contributed by atoms with Gasteiger partial charge in [0.15, 0.2) is 34.6 Å². The summed E-state index contributed by atoms with van der Waals surface area (Å²) < 4.78 is 24.9. The van der Waals surface area contributed by atoms with E-state index in [9.17, 15) is 33.2 Å². The molecule has 22 nitrogen and oxygen atoms in total. The smallest absolute Gasteiger partial charge is 0.349 e. The summed E-state index contributed by atoms with van der Waals surface area (Å²) >= 11 is 5.79. The number of fused-ring (bicyclic) bond motifs is 6. The van der Waals surface area contributed by atoms with E-state index in [1.54, 1.807) is 23.8 Å². The number of halogens is 2. The van der Waals surface area contributed by atoms with Crippen molar-refractivity contribution in [1.29, 1.82) is 0 Å². The fourth-order valence-corrected chi connectivity index (χ4v) is 10.6. The Morgan fingerprint density at radius 1 is 0.438 bits per heavy atom. The van der Waals surface area contributed by atoms with Crippen LogP contribution >= 0.6 is 11.6 Å². The summed E-state index contributed by atoms with van der Waals surface area (Å²) in [6.07, 6.45) is 0. The van der Waals surface area contributed by atoms with Gasteiger partial charge >= 0.3 is 17.1 Å². The van der Waals surface area contributed by atoms with E-state index in [1.165, 1.54) is 17.2 Å². The summed E-state index contributed by atoms with van der Waals surface area (Å²) in [6.45, 7) is 19.0. The van der Waals surface area contributed by atoms with E-state index < -0.39 is 33.7 Å². The van der Waals surface area contributed by atoms with Crippen LogP contribution in [0.1, 0.15) is 55.6 Å². The Morgan fingerprint density at radius 2 is 0.798 bits per heavy atom. The van der Waals surface area contributed by atoms with E-state index in [0.29, 0.717) is 91.1 Å². The zero-order valence-corrected chi connectivity index (χ0v) is 51.1. The normalized spacial score (nSPS) is 11.4. The van der Waals surface area contributed by atoms with Crippen LogP contribution in [-0.4, -0.2) is 85.3 Å². The second-order valence-corrected chi connectivity index (χ2v) is 22.1. The number of aromatic nitrogens is 12. The number of aryl methyl sites for hydroxylation is 7. The molecule has 0 atom stereocenters. The molecular formula is C65H65ClFN15O7. The highest BCUT2D eigenvalue weighted by Gasteiger charge is 2.23. The molecule has 24 heteroatoms. The fourth-order valence-electron chi connectivity index (χ4n) is 10.4. The average molecular weight is 1220 g/mol. The average Bonchev–Trinajstić information content (AvgIpc) is 0.817. The maximum Gasteiger partial charge on any atom is 0.349 e. The second kappa shape index (κ2) is 27.0. The highest BCUT2D eigenvalue weighted by molar-refractivity contribution is 6.30. The Labute approximate surface area is 513 Å². The van der Waals surface area contributed by atoms with Crippen LogP contribution in [0, 0.1) is 54.3 Å². The van der Waals surface area contributed by atoms with Crippen molar-refractivity contribution in [3.8, 4) is 40.3 Å². The van der Waals surface area contributed by atoms with Crippen LogP contribution in [0.3, 0.4) is 0 Å². The van der Waals surface area contributed by atoms with Gasteiger partial charge in [-0.2, -0.15) is 15.0 Å². The van der Waals surface area contributed by atoms with Gasteiger partial charge in [0, 0.05) is 75.1 Å². The molecule has 12 rings (SSSR count). The lowest BCUT2D eigenvalue weighted by Crippen LogP contribution is -2.30. The highest BCUT2D eigenvalue weighted by Crippen LogP contribution is 2.27. The Kier molecular flexibility index (Phi) is 18.8. The van der Waals surface area contributed by atoms with Crippen LogP contribution < -0.4 is 54.4 Å². The van der Waals surface area contributed by atoms with Crippen LogP contribution in [0.25, 0.3) is 67.7 Å². The van der Waals surface area contributed by atoms with Gasteiger partial charge in [0.25, 0.3) is 16.7 Å². The van der Waals surface area contributed by atoms with Crippen molar-refractivity contribution in [2.75, 3.05) is 26.7 Å². The third-order valence-electron chi connectivity index (χ3n) is 15.6. The number of para-hydroxylation sites is 1. The van der Waals surface area contributed by atoms with Gasteiger partial charge in [0.1, 0.15) is 11.6 Å². The molecule has 0 radical (unpaired) electrons. The van der Waals surface area contributed by atoms with Crippen molar-refractivity contribution in [3.05, 3.63) is 232 Å². The first-order valence-electron chi connectivity index (χ1n) is 28.7. The highest BCUT2D eigenvalue weighted by atomic mass is 35.5. The monoisotopic (exact) mass is 1220 g/mol. The molecule has 6 aliphatic heterocycles. The molecule has 0 unspecified atom stereocenters. The molecule has 0 fully saturated rings. The number of benzene rings is 6. The molecule has 0 saturated carbocycles. The van der Waals surface area contributed by atoms with E-state index in [1.807, 2.05) is 123 Å². The summed E-state index contributed by atoms with van der Waals surface area (Å²) in [5.74, 6) is 1.27. The number of nitrogens with one attached hydrogen (secondary N) is 6. The zero-order valence-electron chi connectivity index (χ0n) is 50.3. The molecule has 6 N–H and O–H groups in total. The largest absolute Gasteiger partial charge is 0.496 e. The molecule has 6 heterocycles. The topological polar surface area (TPSA) is 287 Å². The third-order valence-corrected chi connectivity index (χ3v) is 15.9. The van der Waals surface area contributed by atoms with E-state index in [0.717, 1.165) is 67.8 Å². The van der Waals surface area contributed by atoms with Gasteiger partial charge < -0.3 is 34.4 Å². The number of hydrogen-bond donors (Lipinski definition) is 6. The first kappa shape index (κ1) is 62.1. The molecule has 0 aromatic heterocycles. The number of nitrogens with zero attached hydrogens (tertiary/aromatic N) is 9. The Morgan fingerprint density at radius 3 is 1.19 bits per heavy atom. The molecule has 0 spiro atoms. The second-order valence-electron chi connectivity index (χ2n) is 21.7. The summed E-state index contributed by atoms with van der Waals surface area (Å²) in [6, 6.07) is 32.4. The van der Waals surface area contributed by atoms with Crippen molar-refractivity contribution >= 4 is 44.7 Å². The van der Waals surface area contributed by atoms with Crippen LogP contribution in [-0.2, 0) is 39.3 Å². The van der Waals surface area contributed by atoms with Gasteiger partial charge in [-0.15, -0.1) is 0 Å². The first-order valence-corrected chi connectivity index (χ1v) is 29.1. The molecule has 0 amide bonds. The van der Waals surface area contributed by atoms with Crippen LogP contribution in [0.15, 0.2) is 132 Å². The van der Waals surface area contributed by atoms with Gasteiger partial charge in [0.2, 0.25) is 0 Å². The van der Waals surface area contributed by atoms with E-state index >= 15 is 0 Å². The number of hydrogen-bond acceptors (Lipinski definition) is 16. The Hall–Kier alpha value is -9.94. The van der Waals surface area contributed by atoms with E-state index in [4.69, 9.17) is 16.3 Å². The van der Waals surface area contributed by atoms with Gasteiger partial charge in [0.05, 0.1) is 40.2 Å². The van der Waals surface area contributed by atoms with Crippen molar-refractivity contribution in [2.24, 2.45) is 0 Å². The number of methoxy groups -OCH3 is 1. The fraction of sp³-hybridized carbons (Fsp3) is 0.262. The summed E-state index contributed by atoms with van der Waals surface area (Å²) in [5, 5.41) is 10.4. The minimum atomic E-state index is -0.720. The summed E-state index contributed by atoms with van der Waals surface area (Å²) in [5.41, 5.74) is 11.8. The summed E-state index contributed by atoms with van der Waals surface area (Å²) in [7, 11) is 1.65. The maximum absolute atomic E-state index is 14.0. The number of H-pyrrole nitrogens is 3. The Balaban J connectivity index is 0.000000147. The van der Waals surface area contributed by atoms with Crippen LogP contribution in [0.2, 0.25) is 5.02 Å². The number of ether oxygens (including phenoxy) is 1. The molecule has 6 aliphatic rings. The molecule has 0 saturated heterocycles. The molecule has 0 bridgehead atoms. The van der Waals surface area contributed by atoms with Crippen LogP contribution in [0.4, 0.5) is 4.39 Å². The lowest BCUT2D eigenvalue weighted by molar-refractivity contribution is 0.407. The van der Waals surface area contributed by atoms with Crippen LogP contribution in [0.5, 0.6) is 5.75 Å². The maximum atomic E-state index is 14.0. The van der Waals surface area contributed by atoms with Gasteiger partial charge in [-0.1, -0.05) is 60.1 Å². The van der Waals surface area contributed by atoms with Crippen molar-refractivity contribution < 1.29 is 9.13 Å². The number of aromatic amines is 3. The Bertz CT molecular complexity index is 4920. The van der Waals surface area contributed by atoms with Crippen molar-refractivity contribution in [3.63, 3.8) is 0 Å². The van der Waals surface area contributed by atoms with Crippen molar-refractivity contribution in [1.82, 2.24) is 74.5 Å². The standard InChI is InChI=1S/C22H23N5O3.C22H23N5O2.C21H19ClFN5O2/c1-13-10-16-17(11-14(13)2)27(20-19(24-16)21(28)26-22(29)25-20)9-8-23-12-15-6-4-5-7-18(15)30-3;1-13-6-4-5-7-16(13)12-23-8-9-27-18-11-15(3)14(2)10-17(18)24-19-20(27)25-22(29)26-21(19)28;1-11-7-16-17(8-12(11)2)28(19-18(25-16)20(29)27-21(30)26-19)6-5-24-10-13-3-4-14(22)9-15(13)23/h4-7,10-11,23H,8-9,12H2,1-3H3,(H,26,28,29);4-7,10-11,23H,8-9,12H2,1-3H3,(H,26,28,29);3-4,7-9,24H,5-6,10H2,1-2H3,(H,27,29,30). The minimum absolute atomic E-state index is 0.106. The molecular weight excluding hydrogens is 1160 g/mol. The zero-order chi connectivity index (χ0) is 63.2. The van der Waals surface area contributed by atoms with Gasteiger partial charge in [-0.3, -0.25) is 29.3 Å². The molecule has 0 aliphatic carbocycles. The predicted molar refractivity (Wildman–Crippen MR) is 342 cm³/mol. The predicted octanol–water partition coefficient (Wildman–Crippen LogP) is 7.08. The lowest BCUT2D eigenvalue weighted by atomic mass is 10.1. The lowest BCUT2D eigenvalue weighted by Gasteiger charge is -2.18. The van der Waals surface area contributed by atoms with Gasteiger partial charge in [-0.05, 0) is 148 Å². The quantitative estimate of drug-likeness (QED) is 0.0416. The minimum Gasteiger partial charge on any atom is -0.496 e. The molecule has 89 heavy (non-hydrogen) atoms. The van der Waals surface area contributed by atoms with E-state index in [-0.39, 0.29) is 28.7 Å². The molecule has 6 aromatic rings. The number of rotatable bonds is 16. The van der Waals surface area contributed by atoms with Gasteiger partial charge in [-0.25, -0.2) is 33.7 Å². The molecule has 6 aromatic carbocycles. The SMILES string of the molecule is COc1ccccc1CNCCn1c2nc(=O)[nH]c(=O)c-2nc2cc(C)c(C)cc21.Cc1cc2nc3c(=O)[nH]c(=O)nc-3n(CCNCc3ccc(Cl)cc3F)c2cc1C.Cc1cc2nc3c(=O)[nH]c(=O)nc-3n(CCNCc3ccccc3C)c2cc1C. The molecule has 456 valence electrons. The third kappa shape index (κ3) is 13.9. The van der Waals surface area contributed by atoms with Crippen molar-refractivity contribution in [2.45, 2.75) is 87.7 Å².